The Morgan fingerprint density at radius 3 is 2.40 bits per heavy atom. The number of amides is 1. The maximum Gasteiger partial charge on any atom is 0.250 e. The Hall–Kier alpha value is -1.75. The molecule has 0 atom stereocenters. The van der Waals surface area contributed by atoms with E-state index in [0.29, 0.717) is 17.2 Å². The first-order valence-corrected chi connectivity index (χ1v) is 6.90. The summed E-state index contributed by atoms with van der Waals surface area (Å²) in [7, 11) is 4.09. The molecule has 0 saturated carbocycles. The number of rotatable bonds is 7. The monoisotopic (exact) mass is 278 g/mol. The van der Waals surface area contributed by atoms with Gasteiger partial charge >= 0.3 is 0 Å². The smallest absolute Gasteiger partial charge is 0.250 e. The van der Waals surface area contributed by atoms with E-state index in [1.807, 2.05) is 20.2 Å². The summed E-state index contributed by atoms with van der Waals surface area (Å²) < 4.78 is 0. The molecule has 20 heavy (non-hydrogen) atoms. The fraction of sp³-hybridized carbons (Fsp3) is 0.533. The van der Waals surface area contributed by atoms with Crippen LogP contribution in [-0.4, -0.2) is 44.5 Å². The van der Waals surface area contributed by atoms with Gasteiger partial charge in [0.25, 0.3) is 5.91 Å². The lowest BCUT2D eigenvalue weighted by atomic mass is 10.1. The quantitative estimate of drug-likeness (QED) is 0.739. The SMILES string of the molecule is CC(C)CN(CCN(C)C)c1ccc(N)c(C(N)=O)c1. The zero-order valence-corrected chi connectivity index (χ0v) is 12.9. The number of anilines is 2. The Kier molecular flexibility index (Phi) is 5.82. The van der Waals surface area contributed by atoms with Gasteiger partial charge in [-0.2, -0.15) is 0 Å². The number of hydrogen-bond donors (Lipinski definition) is 2. The molecule has 4 N–H and O–H groups in total. The van der Waals surface area contributed by atoms with Crippen LogP contribution < -0.4 is 16.4 Å². The van der Waals surface area contributed by atoms with Gasteiger partial charge in [-0.1, -0.05) is 13.8 Å². The lowest BCUT2D eigenvalue weighted by molar-refractivity contribution is 0.100. The summed E-state index contributed by atoms with van der Waals surface area (Å²) >= 11 is 0. The van der Waals surface area contributed by atoms with Crippen molar-refractivity contribution in [2.75, 3.05) is 44.4 Å². The molecule has 0 bridgehead atoms. The van der Waals surface area contributed by atoms with E-state index >= 15 is 0 Å². The van der Waals surface area contributed by atoms with Crippen molar-refractivity contribution >= 4 is 17.3 Å². The molecule has 0 aliphatic rings. The Bertz CT molecular complexity index is 457. The highest BCUT2D eigenvalue weighted by Gasteiger charge is 2.13. The van der Waals surface area contributed by atoms with E-state index in [2.05, 4.69) is 23.6 Å². The Balaban J connectivity index is 3.00. The molecule has 0 radical (unpaired) electrons. The van der Waals surface area contributed by atoms with Crippen LogP contribution in [0.5, 0.6) is 0 Å². The molecule has 0 aromatic heterocycles. The van der Waals surface area contributed by atoms with Gasteiger partial charge in [0, 0.05) is 31.0 Å². The van der Waals surface area contributed by atoms with Crippen molar-refractivity contribution in [3.05, 3.63) is 23.8 Å². The molecule has 0 saturated heterocycles. The molecule has 5 heteroatoms. The van der Waals surface area contributed by atoms with Crippen molar-refractivity contribution in [1.29, 1.82) is 0 Å². The summed E-state index contributed by atoms with van der Waals surface area (Å²) in [6.07, 6.45) is 0. The zero-order valence-electron chi connectivity index (χ0n) is 12.9. The normalized spacial score (nSPS) is 11.1. The number of hydrogen-bond acceptors (Lipinski definition) is 4. The van der Waals surface area contributed by atoms with Gasteiger partial charge in [-0.05, 0) is 38.2 Å². The number of nitrogen functional groups attached to an aromatic ring is 1. The maximum atomic E-state index is 11.4. The molecule has 112 valence electrons. The predicted octanol–water partition coefficient (Wildman–Crippen LogP) is 1.39. The standard InChI is InChI=1S/C15H26N4O/c1-11(2)10-19(8-7-18(3)4)12-5-6-14(16)13(9-12)15(17)20/h5-6,9,11H,7-8,10,16H2,1-4H3,(H2,17,20). The highest BCUT2D eigenvalue weighted by molar-refractivity contribution is 5.99. The maximum absolute atomic E-state index is 11.4. The average Bonchev–Trinajstić information content (AvgIpc) is 2.34. The van der Waals surface area contributed by atoms with E-state index in [1.165, 1.54) is 0 Å². The van der Waals surface area contributed by atoms with Crippen LogP contribution in [0.25, 0.3) is 0 Å². The fourth-order valence-corrected chi connectivity index (χ4v) is 2.04. The van der Waals surface area contributed by atoms with E-state index in [4.69, 9.17) is 11.5 Å². The second-order valence-electron chi connectivity index (χ2n) is 5.78. The molecule has 0 spiro atoms. The number of likely N-dealkylation sites (N-methyl/N-ethyl adjacent to an activating group) is 1. The van der Waals surface area contributed by atoms with Gasteiger partial charge < -0.3 is 21.3 Å². The van der Waals surface area contributed by atoms with Crippen LogP contribution >= 0.6 is 0 Å². The molecule has 0 fully saturated rings. The van der Waals surface area contributed by atoms with Gasteiger partial charge in [0.1, 0.15) is 0 Å². The zero-order chi connectivity index (χ0) is 15.3. The second-order valence-corrected chi connectivity index (χ2v) is 5.78. The molecular weight excluding hydrogens is 252 g/mol. The first kappa shape index (κ1) is 16.3. The third kappa shape index (κ3) is 4.74. The van der Waals surface area contributed by atoms with Gasteiger partial charge in [-0.25, -0.2) is 0 Å². The van der Waals surface area contributed by atoms with Crippen LogP contribution in [0, 0.1) is 5.92 Å². The Morgan fingerprint density at radius 1 is 1.25 bits per heavy atom. The van der Waals surface area contributed by atoms with Gasteiger partial charge in [0.2, 0.25) is 0 Å². The van der Waals surface area contributed by atoms with Crippen LogP contribution in [0.15, 0.2) is 18.2 Å². The second kappa shape index (κ2) is 7.14. The highest BCUT2D eigenvalue weighted by atomic mass is 16.1. The van der Waals surface area contributed by atoms with Crippen molar-refractivity contribution in [3.8, 4) is 0 Å². The number of nitrogens with two attached hydrogens (primary N) is 2. The molecule has 0 aliphatic heterocycles. The molecule has 0 unspecified atom stereocenters. The largest absolute Gasteiger partial charge is 0.398 e. The lowest BCUT2D eigenvalue weighted by Crippen LogP contribution is -2.34. The first-order valence-electron chi connectivity index (χ1n) is 6.90. The molecular formula is C15H26N4O. The van der Waals surface area contributed by atoms with Gasteiger partial charge in [-0.3, -0.25) is 4.79 Å². The van der Waals surface area contributed by atoms with Crippen LogP contribution in [0.3, 0.4) is 0 Å². The fourth-order valence-electron chi connectivity index (χ4n) is 2.04. The van der Waals surface area contributed by atoms with Crippen molar-refractivity contribution < 1.29 is 4.79 Å². The van der Waals surface area contributed by atoms with Gasteiger partial charge in [0.05, 0.1) is 5.56 Å². The van der Waals surface area contributed by atoms with Crippen LogP contribution in [0.2, 0.25) is 0 Å². The van der Waals surface area contributed by atoms with E-state index in [9.17, 15) is 4.79 Å². The summed E-state index contributed by atoms with van der Waals surface area (Å²) in [6.45, 7) is 7.12. The molecule has 1 amide bonds. The summed E-state index contributed by atoms with van der Waals surface area (Å²) in [5.74, 6) is 0.0493. The summed E-state index contributed by atoms with van der Waals surface area (Å²) in [5, 5.41) is 0. The van der Waals surface area contributed by atoms with Crippen molar-refractivity contribution in [1.82, 2.24) is 4.90 Å². The third-order valence-corrected chi connectivity index (χ3v) is 3.07. The number of carbonyl (C=O) groups is 1. The summed E-state index contributed by atoms with van der Waals surface area (Å²) in [5.41, 5.74) is 13.0. The van der Waals surface area contributed by atoms with E-state index in [-0.39, 0.29) is 0 Å². The Labute approximate surface area is 121 Å². The van der Waals surface area contributed by atoms with Crippen LogP contribution in [-0.2, 0) is 0 Å². The minimum atomic E-state index is -0.485. The van der Waals surface area contributed by atoms with E-state index in [0.717, 1.165) is 25.3 Å². The molecule has 1 aromatic carbocycles. The number of benzene rings is 1. The minimum Gasteiger partial charge on any atom is -0.398 e. The third-order valence-electron chi connectivity index (χ3n) is 3.07. The first-order chi connectivity index (χ1) is 9.31. The summed E-state index contributed by atoms with van der Waals surface area (Å²) in [6, 6.07) is 5.48. The predicted molar refractivity (Wildman–Crippen MR) is 85.0 cm³/mol. The molecule has 1 aromatic rings. The topological polar surface area (TPSA) is 75.6 Å². The van der Waals surface area contributed by atoms with Crippen molar-refractivity contribution in [2.45, 2.75) is 13.8 Å². The molecule has 1 rings (SSSR count). The van der Waals surface area contributed by atoms with Crippen molar-refractivity contribution in [3.63, 3.8) is 0 Å². The summed E-state index contributed by atoms with van der Waals surface area (Å²) in [4.78, 5) is 15.8. The minimum absolute atomic E-state index is 0.390. The van der Waals surface area contributed by atoms with E-state index in [1.54, 1.807) is 12.1 Å². The number of nitrogens with zero attached hydrogens (tertiary/aromatic N) is 2. The Morgan fingerprint density at radius 2 is 1.90 bits per heavy atom. The number of primary amides is 1. The molecule has 5 nitrogen and oxygen atoms in total. The van der Waals surface area contributed by atoms with E-state index < -0.39 is 5.91 Å². The van der Waals surface area contributed by atoms with Crippen LogP contribution in [0.4, 0.5) is 11.4 Å². The molecule has 0 aliphatic carbocycles. The number of carbonyl (C=O) groups excluding carboxylic acids is 1. The van der Waals surface area contributed by atoms with Gasteiger partial charge in [-0.15, -0.1) is 0 Å². The average molecular weight is 278 g/mol. The van der Waals surface area contributed by atoms with Crippen molar-refractivity contribution in [2.24, 2.45) is 11.7 Å². The van der Waals surface area contributed by atoms with Crippen LogP contribution in [0.1, 0.15) is 24.2 Å². The van der Waals surface area contributed by atoms with Gasteiger partial charge in [0.15, 0.2) is 0 Å². The molecule has 0 heterocycles. The lowest BCUT2D eigenvalue weighted by Gasteiger charge is -2.28. The highest BCUT2D eigenvalue weighted by Crippen LogP contribution is 2.22.